The Hall–Kier alpha value is -2.86. The van der Waals surface area contributed by atoms with Gasteiger partial charge in [0.1, 0.15) is 11.7 Å². The molecule has 0 amide bonds. The second-order valence-corrected chi connectivity index (χ2v) is 6.05. The van der Waals surface area contributed by atoms with Crippen LogP contribution in [-0.4, -0.2) is 43.9 Å². The highest BCUT2D eigenvalue weighted by atomic mass is 16.6. The molecule has 136 valence electrons. The number of carbonyl (C=O) groups excluding carboxylic acids is 2. The van der Waals surface area contributed by atoms with Gasteiger partial charge in [0.25, 0.3) is 0 Å². The molecule has 1 aromatic carbocycles. The van der Waals surface area contributed by atoms with E-state index < -0.39 is 23.6 Å². The molecule has 0 saturated carbocycles. The summed E-state index contributed by atoms with van der Waals surface area (Å²) in [6, 6.07) is 9.20. The van der Waals surface area contributed by atoms with E-state index in [2.05, 4.69) is 11.9 Å². The first-order valence-electron chi connectivity index (χ1n) is 8.28. The number of para-hydroxylation sites is 1. The summed E-state index contributed by atoms with van der Waals surface area (Å²) in [4.78, 5) is 24.8. The first kappa shape index (κ1) is 17.9. The first-order valence-corrected chi connectivity index (χ1v) is 8.28. The van der Waals surface area contributed by atoms with Gasteiger partial charge in [0.15, 0.2) is 0 Å². The summed E-state index contributed by atoms with van der Waals surface area (Å²) in [5.74, 6) is -1.21. The van der Waals surface area contributed by atoms with Crippen LogP contribution in [0.5, 0.6) is 0 Å². The van der Waals surface area contributed by atoms with Crippen LogP contribution in [0.2, 0.25) is 0 Å². The van der Waals surface area contributed by atoms with Crippen LogP contribution in [0.4, 0.5) is 5.69 Å². The Labute approximate surface area is 152 Å². The Kier molecular flexibility index (Phi) is 4.95. The Morgan fingerprint density at radius 3 is 2.58 bits per heavy atom. The van der Waals surface area contributed by atoms with Gasteiger partial charge in [-0.1, -0.05) is 30.4 Å². The SMILES string of the molecule is C=CC[C@H](Nc1ccccc1)[C@@]12C=C[C@@H](O1)C(C(=O)OC)=C2C(=O)OC. The topological polar surface area (TPSA) is 73.9 Å². The second kappa shape index (κ2) is 7.17. The lowest BCUT2D eigenvalue weighted by atomic mass is 9.80. The van der Waals surface area contributed by atoms with E-state index in [4.69, 9.17) is 14.2 Å². The molecule has 3 atom stereocenters. The molecule has 1 aromatic rings. The third-order valence-electron chi connectivity index (χ3n) is 4.61. The van der Waals surface area contributed by atoms with E-state index in [1.807, 2.05) is 30.3 Å². The van der Waals surface area contributed by atoms with Crippen LogP contribution in [0.15, 0.2) is 66.3 Å². The largest absolute Gasteiger partial charge is 0.466 e. The molecule has 2 bridgehead atoms. The van der Waals surface area contributed by atoms with Crippen molar-refractivity contribution in [3.8, 4) is 0 Å². The molecule has 0 saturated heterocycles. The molecule has 2 heterocycles. The van der Waals surface area contributed by atoms with Crippen LogP contribution < -0.4 is 5.32 Å². The van der Waals surface area contributed by atoms with Gasteiger partial charge in [-0.3, -0.25) is 0 Å². The van der Waals surface area contributed by atoms with Crippen LogP contribution in [0.25, 0.3) is 0 Å². The number of benzene rings is 1. The van der Waals surface area contributed by atoms with Gasteiger partial charge in [0.2, 0.25) is 0 Å². The average molecular weight is 355 g/mol. The van der Waals surface area contributed by atoms with Crippen molar-refractivity contribution in [1.82, 2.24) is 0 Å². The summed E-state index contributed by atoms with van der Waals surface area (Å²) >= 11 is 0. The number of hydrogen-bond donors (Lipinski definition) is 1. The lowest BCUT2D eigenvalue weighted by Crippen LogP contribution is -2.48. The summed E-state index contributed by atoms with van der Waals surface area (Å²) in [6.45, 7) is 3.81. The Balaban J connectivity index is 2.07. The third-order valence-corrected chi connectivity index (χ3v) is 4.61. The van der Waals surface area contributed by atoms with Gasteiger partial charge in [-0.2, -0.15) is 0 Å². The van der Waals surface area contributed by atoms with E-state index in [9.17, 15) is 9.59 Å². The summed E-state index contributed by atoms with van der Waals surface area (Å²) in [5, 5.41) is 3.39. The maximum atomic E-state index is 12.5. The van der Waals surface area contributed by atoms with E-state index in [1.54, 1.807) is 18.2 Å². The van der Waals surface area contributed by atoms with Crippen LogP contribution in [-0.2, 0) is 23.8 Å². The Morgan fingerprint density at radius 2 is 1.96 bits per heavy atom. The van der Waals surface area contributed by atoms with E-state index in [0.717, 1.165) is 5.69 Å². The van der Waals surface area contributed by atoms with E-state index in [0.29, 0.717) is 6.42 Å². The van der Waals surface area contributed by atoms with Crippen molar-refractivity contribution >= 4 is 17.6 Å². The highest BCUT2D eigenvalue weighted by Crippen LogP contribution is 2.47. The number of carbonyl (C=O) groups is 2. The van der Waals surface area contributed by atoms with Crippen molar-refractivity contribution in [3.05, 3.63) is 66.3 Å². The molecule has 6 heteroatoms. The zero-order chi connectivity index (χ0) is 18.7. The van der Waals surface area contributed by atoms with Crippen LogP contribution in [0.3, 0.4) is 0 Å². The summed E-state index contributed by atoms with van der Waals surface area (Å²) in [7, 11) is 2.55. The molecule has 2 aliphatic rings. The fraction of sp³-hybridized carbons (Fsp3) is 0.300. The monoisotopic (exact) mass is 355 g/mol. The number of fused-ring (bicyclic) bond motifs is 2. The van der Waals surface area contributed by atoms with E-state index in [1.165, 1.54) is 14.2 Å². The van der Waals surface area contributed by atoms with E-state index in [-0.39, 0.29) is 17.2 Å². The molecular weight excluding hydrogens is 334 g/mol. The molecule has 1 N–H and O–H groups in total. The van der Waals surface area contributed by atoms with Gasteiger partial charge in [0, 0.05) is 5.69 Å². The summed E-state index contributed by atoms with van der Waals surface area (Å²) < 4.78 is 15.9. The Morgan fingerprint density at radius 1 is 1.27 bits per heavy atom. The lowest BCUT2D eigenvalue weighted by Gasteiger charge is -2.35. The summed E-state index contributed by atoms with van der Waals surface area (Å²) in [5.41, 5.74) is 0.0935. The molecule has 0 radical (unpaired) electrons. The van der Waals surface area contributed by atoms with Crippen molar-refractivity contribution in [2.75, 3.05) is 19.5 Å². The third kappa shape index (κ3) is 2.82. The van der Waals surface area contributed by atoms with Gasteiger partial charge >= 0.3 is 11.9 Å². The highest BCUT2D eigenvalue weighted by Gasteiger charge is 2.58. The smallest absolute Gasteiger partial charge is 0.337 e. The quantitative estimate of drug-likeness (QED) is 0.598. The number of nitrogens with one attached hydrogen (secondary N) is 1. The molecule has 0 aromatic heterocycles. The average Bonchev–Trinajstić information content (AvgIpc) is 3.25. The van der Waals surface area contributed by atoms with Crippen molar-refractivity contribution < 1.29 is 23.8 Å². The van der Waals surface area contributed by atoms with Crippen molar-refractivity contribution in [1.29, 1.82) is 0 Å². The van der Waals surface area contributed by atoms with Gasteiger partial charge in [-0.05, 0) is 24.6 Å². The molecule has 0 fully saturated rings. The lowest BCUT2D eigenvalue weighted by molar-refractivity contribution is -0.139. The number of rotatable bonds is 7. The van der Waals surface area contributed by atoms with Crippen LogP contribution in [0, 0.1) is 0 Å². The molecule has 0 spiro atoms. The molecule has 3 rings (SSSR count). The van der Waals surface area contributed by atoms with Crippen LogP contribution in [0.1, 0.15) is 6.42 Å². The maximum absolute atomic E-state index is 12.5. The van der Waals surface area contributed by atoms with Gasteiger partial charge in [0.05, 0.1) is 31.4 Å². The molecule has 26 heavy (non-hydrogen) atoms. The van der Waals surface area contributed by atoms with Gasteiger partial charge < -0.3 is 19.5 Å². The molecule has 2 aliphatic heterocycles. The van der Waals surface area contributed by atoms with Crippen molar-refractivity contribution in [2.45, 2.75) is 24.2 Å². The summed E-state index contributed by atoms with van der Waals surface area (Å²) in [6.07, 6.45) is 5.18. The van der Waals surface area contributed by atoms with Gasteiger partial charge in [-0.15, -0.1) is 6.58 Å². The highest BCUT2D eigenvalue weighted by molar-refractivity contribution is 6.05. The molecule has 0 unspecified atom stereocenters. The number of ether oxygens (including phenoxy) is 3. The van der Waals surface area contributed by atoms with Crippen molar-refractivity contribution in [2.24, 2.45) is 0 Å². The number of hydrogen-bond acceptors (Lipinski definition) is 6. The standard InChI is InChI=1S/C20H21NO5/c1-4-8-15(21-13-9-6-5-7-10-13)20-12-11-14(26-20)16(18(22)24-2)17(20)19(23)25-3/h4-7,9-12,14-15,21H,1,8H2,2-3H3/t14-,15+,20-/m1/s1. The van der Waals surface area contributed by atoms with E-state index >= 15 is 0 Å². The minimum atomic E-state index is -1.13. The minimum absolute atomic E-state index is 0.176. The molecular formula is C20H21NO5. The zero-order valence-corrected chi connectivity index (χ0v) is 14.7. The maximum Gasteiger partial charge on any atom is 0.337 e. The number of methoxy groups -OCH3 is 2. The molecule has 6 nitrogen and oxygen atoms in total. The minimum Gasteiger partial charge on any atom is -0.466 e. The predicted octanol–water partition coefficient (Wildman–Crippen LogP) is 2.39. The van der Waals surface area contributed by atoms with Crippen LogP contribution >= 0.6 is 0 Å². The second-order valence-electron chi connectivity index (χ2n) is 6.05. The zero-order valence-electron chi connectivity index (χ0n) is 14.7. The van der Waals surface area contributed by atoms with Gasteiger partial charge in [-0.25, -0.2) is 9.59 Å². The van der Waals surface area contributed by atoms with Crippen molar-refractivity contribution in [3.63, 3.8) is 0 Å². The predicted molar refractivity (Wildman–Crippen MR) is 96.5 cm³/mol. The normalized spacial score (nSPS) is 24.3. The first-order chi connectivity index (χ1) is 12.6. The number of esters is 2. The molecule has 0 aliphatic carbocycles. The Bertz CT molecular complexity index is 783. The fourth-order valence-electron chi connectivity index (χ4n) is 3.48. The fourth-order valence-corrected chi connectivity index (χ4v) is 3.48. The number of anilines is 1.